The molecule has 15 heavy (non-hydrogen) atoms. The molecule has 0 aliphatic heterocycles. The van der Waals surface area contributed by atoms with Gasteiger partial charge in [0, 0.05) is 5.57 Å². The van der Waals surface area contributed by atoms with Crippen LogP contribution in [0.3, 0.4) is 0 Å². The zero-order valence-electron chi connectivity index (χ0n) is 9.50. The van der Waals surface area contributed by atoms with Crippen LogP contribution in [0.4, 0.5) is 0 Å². The van der Waals surface area contributed by atoms with E-state index in [1.165, 1.54) is 39.2 Å². The molecule has 0 bridgehead atoms. The Morgan fingerprint density at radius 1 is 1.40 bits per heavy atom. The topological polar surface area (TPSA) is 26.3 Å². The second kappa shape index (κ2) is 6.44. The van der Waals surface area contributed by atoms with E-state index >= 15 is 0 Å². The summed E-state index contributed by atoms with van der Waals surface area (Å²) in [5.41, 5.74) is 0.763. The number of carbonyl (C=O) groups is 1. The van der Waals surface area contributed by atoms with Crippen molar-refractivity contribution >= 4 is 5.97 Å². The molecule has 84 valence electrons. The van der Waals surface area contributed by atoms with Gasteiger partial charge in [-0.05, 0) is 12.3 Å². The Balaban J connectivity index is 2.53. The fourth-order valence-electron chi connectivity index (χ4n) is 2.20. The summed E-state index contributed by atoms with van der Waals surface area (Å²) in [5, 5.41) is 0. The van der Waals surface area contributed by atoms with Crippen LogP contribution in [0.2, 0.25) is 0 Å². The first-order chi connectivity index (χ1) is 7.27. The molecule has 0 amide bonds. The molecule has 0 aromatic rings. The molecule has 0 heterocycles. The molecule has 0 atom stereocenters. The van der Waals surface area contributed by atoms with E-state index in [4.69, 9.17) is 4.74 Å². The van der Waals surface area contributed by atoms with Crippen LogP contribution in [0.5, 0.6) is 0 Å². The van der Waals surface area contributed by atoms with Crippen LogP contribution < -0.4 is 0 Å². The minimum absolute atomic E-state index is 0.208. The Morgan fingerprint density at radius 2 is 2.07 bits per heavy atom. The molecular formula is C13H20O2. The summed E-state index contributed by atoms with van der Waals surface area (Å²) < 4.78 is 4.75. The molecule has 1 aliphatic carbocycles. The van der Waals surface area contributed by atoms with Crippen molar-refractivity contribution < 1.29 is 9.53 Å². The number of methoxy groups -OCH3 is 1. The third-order valence-electron chi connectivity index (χ3n) is 3.00. The largest absolute Gasteiger partial charge is 0.466 e. The summed E-state index contributed by atoms with van der Waals surface area (Å²) >= 11 is 0. The molecule has 2 nitrogen and oxygen atoms in total. The van der Waals surface area contributed by atoms with E-state index in [9.17, 15) is 4.79 Å². The SMILES string of the molecule is C=CC=C(CC1CCCCC1)C(=O)OC. The van der Waals surface area contributed by atoms with Crippen LogP contribution in [0.25, 0.3) is 0 Å². The smallest absolute Gasteiger partial charge is 0.333 e. The van der Waals surface area contributed by atoms with Gasteiger partial charge in [0.2, 0.25) is 0 Å². The maximum Gasteiger partial charge on any atom is 0.333 e. The molecule has 0 aromatic carbocycles. The monoisotopic (exact) mass is 208 g/mol. The van der Waals surface area contributed by atoms with Crippen molar-refractivity contribution in [3.63, 3.8) is 0 Å². The van der Waals surface area contributed by atoms with Crippen molar-refractivity contribution in [1.29, 1.82) is 0 Å². The third kappa shape index (κ3) is 3.90. The number of rotatable bonds is 4. The summed E-state index contributed by atoms with van der Waals surface area (Å²) in [6.45, 7) is 3.63. The van der Waals surface area contributed by atoms with Gasteiger partial charge in [-0.25, -0.2) is 4.79 Å². The summed E-state index contributed by atoms with van der Waals surface area (Å²) in [6, 6.07) is 0. The number of allylic oxidation sites excluding steroid dienone is 2. The van der Waals surface area contributed by atoms with Crippen LogP contribution >= 0.6 is 0 Å². The van der Waals surface area contributed by atoms with E-state index in [-0.39, 0.29) is 5.97 Å². The molecule has 0 spiro atoms. The highest BCUT2D eigenvalue weighted by atomic mass is 16.5. The van der Waals surface area contributed by atoms with Crippen molar-refractivity contribution in [2.24, 2.45) is 5.92 Å². The van der Waals surface area contributed by atoms with Gasteiger partial charge < -0.3 is 4.74 Å². The van der Waals surface area contributed by atoms with Gasteiger partial charge in [-0.2, -0.15) is 0 Å². The molecule has 1 aliphatic rings. The summed E-state index contributed by atoms with van der Waals surface area (Å²) in [7, 11) is 1.43. The van der Waals surface area contributed by atoms with Gasteiger partial charge >= 0.3 is 5.97 Å². The first-order valence-corrected chi connectivity index (χ1v) is 5.68. The van der Waals surface area contributed by atoms with Gasteiger partial charge in [0.15, 0.2) is 0 Å². The van der Waals surface area contributed by atoms with Gasteiger partial charge in [-0.1, -0.05) is 50.8 Å². The van der Waals surface area contributed by atoms with Crippen molar-refractivity contribution in [2.45, 2.75) is 38.5 Å². The highest BCUT2D eigenvalue weighted by Crippen LogP contribution is 2.29. The van der Waals surface area contributed by atoms with Crippen LogP contribution in [0, 0.1) is 5.92 Å². The number of hydrogen-bond donors (Lipinski definition) is 0. The molecule has 0 aromatic heterocycles. The van der Waals surface area contributed by atoms with Crippen molar-refractivity contribution in [3.05, 3.63) is 24.3 Å². The molecule has 2 heteroatoms. The summed E-state index contributed by atoms with van der Waals surface area (Å²) in [4.78, 5) is 11.4. The Labute approximate surface area is 92.0 Å². The molecule has 0 radical (unpaired) electrons. The predicted octanol–water partition coefficient (Wildman–Crippen LogP) is 3.24. The summed E-state index contributed by atoms with van der Waals surface area (Å²) in [6.07, 6.45) is 10.7. The fraction of sp³-hybridized carbons (Fsp3) is 0.615. The summed E-state index contributed by atoms with van der Waals surface area (Å²) in [5.74, 6) is 0.449. The quantitative estimate of drug-likeness (QED) is 0.403. The average Bonchev–Trinajstić information content (AvgIpc) is 2.29. The molecule has 1 rings (SSSR count). The van der Waals surface area contributed by atoms with Gasteiger partial charge in [-0.15, -0.1) is 0 Å². The molecule has 0 N–H and O–H groups in total. The molecule has 1 fully saturated rings. The first kappa shape index (κ1) is 12.0. The van der Waals surface area contributed by atoms with Crippen LogP contribution in [0.1, 0.15) is 38.5 Å². The maximum atomic E-state index is 11.4. The van der Waals surface area contributed by atoms with Crippen molar-refractivity contribution in [1.82, 2.24) is 0 Å². The number of hydrogen-bond acceptors (Lipinski definition) is 2. The first-order valence-electron chi connectivity index (χ1n) is 5.68. The molecular weight excluding hydrogens is 188 g/mol. The minimum Gasteiger partial charge on any atom is -0.466 e. The minimum atomic E-state index is -0.208. The molecule has 0 saturated heterocycles. The van der Waals surface area contributed by atoms with Gasteiger partial charge in [0.25, 0.3) is 0 Å². The Bertz CT molecular complexity index is 247. The lowest BCUT2D eigenvalue weighted by molar-refractivity contribution is -0.136. The predicted molar refractivity (Wildman–Crippen MR) is 61.5 cm³/mol. The van der Waals surface area contributed by atoms with E-state index in [0.717, 1.165) is 12.0 Å². The van der Waals surface area contributed by atoms with E-state index in [1.54, 1.807) is 12.2 Å². The Morgan fingerprint density at radius 3 is 2.60 bits per heavy atom. The maximum absolute atomic E-state index is 11.4. The van der Waals surface area contributed by atoms with Crippen LogP contribution in [-0.2, 0) is 9.53 Å². The lowest BCUT2D eigenvalue weighted by atomic mass is 9.84. The Kier molecular flexibility index (Phi) is 5.16. The second-order valence-electron chi connectivity index (χ2n) is 4.13. The van der Waals surface area contributed by atoms with E-state index in [0.29, 0.717) is 5.92 Å². The zero-order valence-corrected chi connectivity index (χ0v) is 9.50. The van der Waals surface area contributed by atoms with Gasteiger partial charge in [0.1, 0.15) is 0 Å². The number of esters is 1. The van der Waals surface area contributed by atoms with Crippen molar-refractivity contribution in [2.75, 3.05) is 7.11 Å². The second-order valence-corrected chi connectivity index (χ2v) is 4.13. The fourth-order valence-corrected chi connectivity index (χ4v) is 2.20. The lowest BCUT2D eigenvalue weighted by Gasteiger charge is -2.21. The van der Waals surface area contributed by atoms with E-state index in [2.05, 4.69) is 6.58 Å². The zero-order chi connectivity index (χ0) is 11.1. The highest BCUT2D eigenvalue weighted by Gasteiger charge is 2.18. The van der Waals surface area contributed by atoms with E-state index < -0.39 is 0 Å². The standard InChI is InChI=1S/C13H20O2/c1-3-7-12(13(14)15-2)10-11-8-5-4-6-9-11/h3,7,11H,1,4-6,8-10H2,2H3. The number of carbonyl (C=O) groups excluding carboxylic acids is 1. The molecule has 0 unspecified atom stereocenters. The average molecular weight is 208 g/mol. The highest BCUT2D eigenvalue weighted by molar-refractivity contribution is 5.88. The van der Waals surface area contributed by atoms with Gasteiger partial charge in [0.05, 0.1) is 7.11 Å². The van der Waals surface area contributed by atoms with Crippen molar-refractivity contribution in [3.8, 4) is 0 Å². The normalized spacial score (nSPS) is 18.6. The Hall–Kier alpha value is -1.05. The number of ether oxygens (including phenoxy) is 1. The van der Waals surface area contributed by atoms with Crippen LogP contribution in [0.15, 0.2) is 24.3 Å². The third-order valence-corrected chi connectivity index (χ3v) is 3.00. The van der Waals surface area contributed by atoms with E-state index in [1.807, 2.05) is 0 Å². The molecule has 1 saturated carbocycles. The lowest BCUT2D eigenvalue weighted by Crippen LogP contribution is -2.12. The van der Waals surface area contributed by atoms with Crippen LogP contribution in [-0.4, -0.2) is 13.1 Å². The van der Waals surface area contributed by atoms with Gasteiger partial charge in [-0.3, -0.25) is 0 Å².